The Balaban J connectivity index is 3.65. The Morgan fingerprint density at radius 2 is 1.58 bits per heavy atom. The molecular formula is C22H34O4. The van der Waals surface area contributed by atoms with Crippen molar-refractivity contribution in [2.24, 2.45) is 0 Å². The first-order valence-corrected chi connectivity index (χ1v) is 9.41. The van der Waals surface area contributed by atoms with Gasteiger partial charge in [0.05, 0.1) is 12.2 Å². The molecule has 0 rings (SSSR count). The Hall–Kier alpha value is -1.91. The van der Waals surface area contributed by atoms with Gasteiger partial charge in [-0.15, -0.1) is 0 Å². The summed E-state index contributed by atoms with van der Waals surface area (Å²) in [6.45, 7) is 1.80. The van der Waals surface area contributed by atoms with E-state index < -0.39 is 12.1 Å². The molecule has 2 atom stereocenters. The van der Waals surface area contributed by atoms with Crippen LogP contribution in [-0.4, -0.2) is 33.5 Å². The van der Waals surface area contributed by atoms with Crippen LogP contribution in [0.15, 0.2) is 60.8 Å². The first-order valence-electron chi connectivity index (χ1n) is 9.41. The predicted octanol–water partition coefficient (Wildman–Crippen LogP) is 4.71. The molecule has 26 heavy (non-hydrogen) atoms. The van der Waals surface area contributed by atoms with Gasteiger partial charge in [-0.25, -0.2) is 4.79 Å². The molecule has 146 valence electrons. The fourth-order valence-corrected chi connectivity index (χ4v) is 2.14. The van der Waals surface area contributed by atoms with E-state index in [1.54, 1.807) is 19.1 Å². The normalized spacial score (nSPS) is 15.2. The fourth-order valence-electron chi connectivity index (χ4n) is 2.14. The van der Waals surface area contributed by atoms with E-state index in [0.717, 1.165) is 44.9 Å². The molecule has 0 amide bonds. The summed E-state index contributed by atoms with van der Waals surface area (Å²) in [4.78, 5) is 10.3. The van der Waals surface area contributed by atoms with Crippen molar-refractivity contribution < 1.29 is 20.1 Å². The van der Waals surface area contributed by atoms with Crippen molar-refractivity contribution in [3.63, 3.8) is 0 Å². The van der Waals surface area contributed by atoms with Crippen LogP contribution in [0.2, 0.25) is 0 Å². The number of aliphatic hydroxyl groups is 2. The predicted molar refractivity (Wildman–Crippen MR) is 108 cm³/mol. The molecule has 0 aliphatic heterocycles. The van der Waals surface area contributed by atoms with Crippen molar-refractivity contribution in [1.82, 2.24) is 0 Å². The van der Waals surface area contributed by atoms with E-state index in [1.165, 1.54) is 6.08 Å². The summed E-state index contributed by atoms with van der Waals surface area (Å²) in [7, 11) is 0. The molecule has 0 fully saturated rings. The van der Waals surface area contributed by atoms with Gasteiger partial charge in [-0.2, -0.15) is 0 Å². The van der Waals surface area contributed by atoms with Gasteiger partial charge in [-0.1, -0.05) is 54.7 Å². The van der Waals surface area contributed by atoms with Crippen LogP contribution in [0.5, 0.6) is 0 Å². The van der Waals surface area contributed by atoms with Gasteiger partial charge in [-0.3, -0.25) is 0 Å². The van der Waals surface area contributed by atoms with Crippen LogP contribution in [0.1, 0.15) is 58.3 Å². The van der Waals surface area contributed by atoms with Crippen molar-refractivity contribution in [1.29, 1.82) is 0 Å². The number of carboxylic acid groups (broad SMARTS) is 1. The molecule has 0 aromatic rings. The third kappa shape index (κ3) is 20.1. The molecule has 0 spiro atoms. The van der Waals surface area contributed by atoms with Gasteiger partial charge in [0, 0.05) is 6.08 Å². The SMILES string of the molecule is CC(O)CCC/C=C\CC(O)/C=C/C=C\C/C=C\CCCC=CC(=O)O. The van der Waals surface area contributed by atoms with Crippen molar-refractivity contribution in [3.8, 4) is 0 Å². The minimum atomic E-state index is -0.896. The largest absolute Gasteiger partial charge is 0.478 e. The van der Waals surface area contributed by atoms with Gasteiger partial charge in [0.2, 0.25) is 0 Å². The lowest BCUT2D eigenvalue weighted by molar-refractivity contribution is -0.131. The van der Waals surface area contributed by atoms with Gasteiger partial charge >= 0.3 is 5.97 Å². The third-order valence-electron chi connectivity index (χ3n) is 3.56. The maximum absolute atomic E-state index is 10.3. The highest BCUT2D eigenvalue weighted by atomic mass is 16.4. The standard InChI is InChI=1S/C22H34O4/c1-20(23)16-12-10-11-14-18-21(24)17-13-8-6-4-2-3-5-7-9-15-19-22(25)26/h2-3,6,8,11,13-15,17,19-21,23-24H,4-5,7,9-10,12,16,18H2,1H3,(H,25,26)/b3-2-,8-6-,14-11-,17-13+,19-15?. The Morgan fingerprint density at radius 1 is 0.885 bits per heavy atom. The van der Waals surface area contributed by atoms with Gasteiger partial charge in [-0.05, 0) is 58.3 Å². The van der Waals surface area contributed by atoms with Gasteiger partial charge in [0.15, 0.2) is 0 Å². The average Bonchev–Trinajstić information content (AvgIpc) is 2.58. The highest BCUT2D eigenvalue weighted by Crippen LogP contribution is 2.03. The molecule has 0 aliphatic carbocycles. The summed E-state index contributed by atoms with van der Waals surface area (Å²) in [5.74, 6) is -0.896. The third-order valence-corrected chi connectivity index (χ3v) is 3.56. The number of unbranched alkanes of at least 4 members (excludes halogenated alkanes) is 3. The number of allylic oxidation sites excluding steroid dienone is 7. The van der Waals surface area contributed by atoms with Crippen LogP contribution in [0.4, 0.5) is 0 Å². The average molecular weight is 363 g/mol. The van der Waals surface area contributed by atoms with E-state index in [-0.39, 0.29) is 6.10 Å². The zero-order chi connectivity index (χ0) is 19.5. The van der Waals surface area contributed by atoms with Crippen LogP contribution >= 0.6 is 0 Å². The molecule has 0 heterocycles. The second kappa shape index (κ2) is 17.9. The molecule has 0 aliphatic rings. The first-order chi connectivity index (χ1) is 12.5. The first kappa shape index (κ1) is 24.1. The van der Waals surface area contributed by atoms with Crippen LogP contribution in [0.25, 0.3) is 0 Å². The summed E-state index contributed by atoms with van der Waals surface area (Å²) < 4.78 is 0. The molecule has 4 heteroatoms. The van der Waals surface area contributed by atoms with E-state index >= 15 is 0 Å². The molecule has 0 radical (unpaired) electrons. The maximum atomic E-state index is 10.3. The lowest BCUT2D eigenvalue weighted by Crippen LogP contribution is -1.99. The molecular weight excluding hydrogens is 328 g/mol. The number of aliphatic carboxylic acids is 1. The summed E-state index contributed by atoms with van der Waals surface area (Å²) in [6.07, 6.45) is 24.8. The van der Waals surface area contributed by atoms with Gasteiger partial charge in [0.1, 0.15) is 0 Å². The van der Waals surface area contributed by atoms with E-state index in [4.69, 9.17) is 10.2 Å². The molecule has 3 N–H and O–H groups in total. The van der Waals surface area contributed by atoms with E-state index in [9.17, 15) is 9.90 Å². The highest BCUT2D eigenvalue weighted by molar-refractivity contribution is 5.79. The molecule has 0 aromatic carbocycles. The zero-order valence-corrected chi connectivity index (χ0v) is 15.8. The van der Waals surface area contributed by atoms with E-state index in [2.05, 4.69) is 18.2 Å². The maximum Gasteiger partial charge on any atom is 0.327 e. The molecule has 0 saturated carbocycles. The molecule has 0 bridgehead atoms. The number of hydrogen-bond acceptors (Lipinski definition) is 3. The monoisotopic (exact) mass is 362 g/mol. The Labute approximate surface area is 157 Å². The minimum Gasteiger partial charge on any atom is -0.478 e. The number of rotatable bonds is 15. The summed E-state index contributed by atoms with van der Waals surface area (Å²) >= 11 is 0. The lowest BCUT2D eigenvalue weighted by atomic mass is 10.1. The van der Waals surface area contributed by atoms with Crippen molar-refractivity contribution in [3.05, 3.63) is 60.8 Å². The number of hydrogen-bond donors (Lipinski definition) is 3. The number of carbonyl (C=O) groups is 1. The Bertz CT molecular complexity index is 484. The Morgan fingerprint density at radius 3 is 2.31 bits per heavy atom. The summed E-state index contributed by atoms with van der Waals surface area (Å²) in [5, 5.41) is 27.4. The second-order valence-electron chi connectivity index (χ2n) is 6.25. The smallest absolute Gasteiger partial charge is 0.327 e. The van der Waals surface area contributed by atoms with Crippen molar-refractivity contribution >= 4 is 5.97 Å². The number of carboxylic acids is 1. The van der Waals surface area contributed by atoms with Crippen LogP contribution in [-0.2, 0) is 4.79 Å². The summed E-state index contributed by atoms with van der Waals surface area (Å²) in [5.41, 5.74) is 0. The quantitative estimate of drug-likeness (QED) is 0.171. The van der Waals surface area contributed by atoms with Crippen LogP contribution in [0.3, 0.4) is 0 Å². The molecule has 0 saturated heterocycles. The highest BCUT2D eigenvalue weighted by Gasteiger charge is 1.95. The molecule has 4 nitrogen and oxygen atoms in total. The fraction of sp³-hybridized carbons (Fsp3) is 0.500. The minimum absolute atomic E-state index is 0.237. The van der Waals surface area contributed by atoms with E-state index in [1.807, 2.05) is 24.3 Å². The van der Waals surface area contributed by atoms with Crippen molar-refractivity contribution in [2.75, 3.05) is 0 Å². The zero-order valence-electron chi connectivity index (χ0n) is 15.8. The van der Waals surface area contributed by atoms with Gasteiger partial charge in [0.25, 0.3) is 0 Å². The van der Waals surface area contributed by atoms with Crippen LogP contribution in [0, 0.1) is 0 Å². The molecule has 2 unspecified atom stereocenters. The van der Waals surface area contributed by atoms with Gasteiger partial charge < -0.3 is 15.3 Å². The Kier molecular flexibility index (Phi) is 16.6. The number of aliphatic hydroxyl groups excluding tert-OH is 2. The molecule has 0 aromatic heterocycles. The van der Waals surface area contributed by atoms with Crippen LogP contribution < -0.4 is 0 Å². The lowest BCUT2D eigenvalue weighted by Gasteiger charge is -2.01. The topological polar surface area (TPSA) is 77.8 Å². The summed E-state index contributed by atoms with van der Waals surface area (Å²) in [6, 6.07) is 0. The van der Waals surface area contributed by atoms with Crippen molar-refractivity contribution in [2.45, 2.75) is 70.5 Å². The van der Waals surface area contributed by atoms with E-state index in [0.29, 0.717) is 6.42 Å². The second-order valence-corrected chi connectivity index (χ2v) is 6.25.